The number of hydrogen-bond acceptors (Lipinski definition) is 12. The van der Waals surface area contributed by atoms with Gasteiger partial charge in [-0.2, -0.15) is 10.5 Å². The third-order valence-corrected chi connectivity index (χ3v) is 11.2. The second-order valence-corrected chi connectivity index (χ2v) is 16.1. The molecule has 2 aliphatic rings. The van der Waals surface area contributed by atoms with Gasteiger partial charge in [-0.15, -0.1) is 0 Å². The lowest BCUT2D eigenvalue weighted by Crippen LogP contribution is -2.25. The van der Waals surface area contributed by atoms with Crippen LogP contribution in [0.1, 0.15) is 36.8 Å². The Balaban J connectivity index is 0.000000201. The van der Waals surface area contributed by atoms with Crippen molar-refractivity contribution in [3.63, 3.8) is 0 Å². The molecule has 0 radical (unpaired) electrons. The highest BCUT2D eigenvalue weighted by Crippen LogP contribution is 2.39. The Hall–Kier alpha value is -4.94. The molecule has 0 atom stereocenters. The molecule has 18 heteroatoms. The zero-order valence-corrected chi connectivity index (χ0v) is 30.7. The van der Waals surface area contributed by atoms with E-state index in [4.69, 9.17) is 43.2 Å². The summed E-state index contributed by atoms with van der Waals surface area (Å²) in [6.45, 7) is 3.49. The predicted molar refractivity (Wildman–Crippen MR) is 194 cm³/mol. The zero-order valence-electron chi connectivity index (χ0n) is 27.6. The molecular formula is C34H32Cl2N6O8S2. The summed E-state index contributed by atoms with van der Waals surface area (Å²) in [6, 6.07) is 14.1. The minimum absolute atomic E-state index is 0.0826. The average molecular weight is 788 g/mol. The van der Waals surface area contributed by atoms with Gasteiger partial charge in [-0.1, -0.05) is 23.2 Å². The van der Waals surface area contributed by atoms with Crippen LogP contribution in [0.4, 0.5) is 11.4 Å². The van der Waals surface area contributed by atoms with Crippen LogP contribution in [0.25, 0.3) is 0 Å². The number of nitrogens with one attached hydrogen (secondary N) is 4. The molecule has 4 aromatic rings. The molecular weight excluding hydrogens is 755 g/mol. The molecule has 0 aromatic heterocycles. The summed E-state index contributed by atoms with van der Waals surface area (Å²) in [6.07, 6.45) is 6.76. The van der Waals surface area contributed by atoms with Crippen LogP contribution >= 0.6 is 23.2 Å². The number of aromatic hydroxyl groups is 2. The Morgan fingerprint density at radius 2 is 1.02 bits per heavy atom. The SMILES string of the molecule is Cc1cc(NC#N)cc(Cl)c1Oc1ccc(O)c(S(=O)(=O)NC2CC2)c1.Cc1cc(NC#N)cc(Cl)c1Oc1ccc(O)c(S(=O)(=O)NC2CC2)c1. The number of halogens is 2. The average Bonchev–Trinajstić information content (AvgIpc) is 4.01. The third kappa shape index (κ3) is 9.68. The third-order valence-electron chi connectivity index (χ3n) is 7.54. The van der Waals surface area contributed by atoms with Crippen LogP contribution in [0.5, 0.6) is 34.5 Å². The maximum absolute atomic E-state index is 12.4. The van der Waals surface area contributed by atoms with Gasteiger partial charge in [0.15, 0.2) is 12.4 Å². The Morgan fingerprint density at radius 3 is 1.33 bits per heavy atom. The van der Waals surface area contributed by atoms with Crippen molar-refractivity contribution in [2.75, 3.05) is 10.6 Å². The van der Waals surface area contributed by atoms with Gasteiger partial charge >= 0.3 is 0 Å². The lowest BCUT2D eigenvalue weighted by molar-refractivity contribution is 0.446. The molecule has 52 heavy (non-hydrogen) atoms. The lowest BCUT2D eigenvalue weighted by atomic mass is 10.2. The molecule has 14 nitrogen and oxygen atoms in total. The van der Waals surface area contributed by atoms with E-state index >= 15 is 0 Å². The number of anilines is 2. The van der Waals surface area contributed by atoms with Crippen LogP contribution in [0.3, 0.4) is 0 Å². The molecule has 6 rings (SSSR count). The fraction of sp³-hybridized carbons (Fsp3) is 0.235. The minimum Gasteiger partial charge on any atom is -0.507 e. The molecule has 2 fully saturated rings. The summed E-state index contributed by atoms with van der Waals surface area (Å²) in [7, 11) is -7.67. The van der Waals surface area contributed by atoms with Crippen molar-refractivity contribution in [2.45, 2.75) is 61.4 Å². The molecule has 0 heterocycles. The molecule has 4 aromatic carbocycles. The number of sulfonamides is 2. The van der Waals surface area contributed by atoms with Crippen molar-refractivity contribution in [2.24, 2.45) is 0 Å². The predicted octanol–water partition coefficient (Wildman–Crippen LogP) is 6.96. The highest BCUT2D eigenvalue weighted by molar-refractivity contribution is 7.90. The highest BCUT2D eigenvalue weighted by Gasteiger charge is 2.31. The first-order valence-electron chi connectivity index (χ1n) is 15.6. The first-order valence-corrected chi connectivity index (χ1v) is 19.3. The van der Waals surface area contributed by atoms with E-state index in [0.29, 0.717) is 34.0 Å². The van der Waals surface area contributed by atoms with Gasteiger partial charge in [0.25, 0.3) is 0 Å². The van der Waals surface area contributed by atoms with Gasteiger partial charge in [0.2, 0.25) is 20.0 Å². The summed E-state index contributed by atoms with van der Waals surface area (Å²) in [5.41, 5.74) is 2.35. The molecule has 0 bridgehead atoms. The van der Waals surface area contributed by atoms with Gasteiger partial charge in [0, 0.05) is 35.6 Å². The number of aryl methyl sites for hydroxylation is 2. The van der Waals surface area contributed by atoms with Crippen LogP contribution in [0.2, 0.25) is 10.0 Å². The zero-order chi connectivity index (χ0) is 37.8. The number of phenolic OH excluding ortho intramolecular Hbond substituents is 2. The van der Waals surface area contributed by atoms with Crippen LogP contribution in [-0.2, 0) is 20.0 Å². The van der Waals surface area contributed by atoms with Crippen LogP contribution in [-0.4, -0.2) is 39.1 Å². The van der Waals surface area contributed by atoms with E-state index < -0.39 is 20.0 Å². The molecule has 272 valence electrons. The van der Waals surface area contributed by atoms with E-state index in [1.807, 2.05) is 12.4 Å². The first-order chi connectivity index (χ1) is 24.6. The summed E-state index contributed by atoms with van der Waals surface area (Å²) < 4.78 is 66.0. The summed E-state index contributed by atoms with van der Waals surface area (Å²) in [4.78, 5) is -0.503. The second kappa shape index (κ2) is 15.7. The molecule has 0 unspecified atom stereocenters. The summed E-state index contributed by atoms with van der Waals surface area (Å²) in [5, 5.41) is 42.7. The fourth-order valence-corrected chi connectivity index (χ4v) is 8.19. The Bertz CT molecular complexity index is 2110. The van der Waals surface area contributed by atoms with Gasteiger partial charge in [0.1, 0.15) is 44.3 Å². The molecule has 2 saturated carbocycles. The fourth-order valence-electron chi connectivity index (χ4n) is 4.74. The second-order valence-electron chi connectivity index (χ2n) is 11.9. The van der Waals surface area contributed by atoms with Crippen LogP contribution in [0.15, 0.2) is 70.5 Å². The van der Waals surface area contributed by atoms with E-state index in [1.165, 1.54) is 48.5 Å². The number of rotatable bonds is 12. The van der Waals surface area contributed by atoms with E-state index in [0.717, 1.165) is 25.7 Å². The van der Waals surface area contributed by atoms with Gasteiger partial charge < -0.3 is 19.7 Å². The van der Waals surface area contributed by atoms with Gasteiger partial charge in [-0.25, -0.2) is 26.3 Å². The summed E-state index contributed by atoms with van der Waals surface area (Å²) >= 11 is 12.4. The quantitative estimate of drug-likeness (QED) is 0.0634. The van der Waals surface area contributed by atoms with Crippen molar-refractivity contribution in [1.82, 2.24) is 9.44 Å². The van der Waals surface area contributed by atoms with Crippen LogP contribution in [0, 0.1) is 36.8 Å². The number of ether oxygens (including phenoxy) is 2. The summed E-state index contributed by atoms with van der Waals surface area (Å²) in [5.74, 6) is 0.373. The smallest absolute Gasteiger partial charge is 0.244 e. The molecule has 2 aliphatic carbocycles. The van der Waals surface area contributed by atoms with Crippen molar-refractivity contribution in [1.29, 1.82) is 10.5 Å². The number of nitrogens with zero attached hydrogens (tertiary/aromatic N) is 2. The Labute approximate surface area is 310 Å². The van der Waals surface area contributed by atoms with E-state index in [-0.39, 0.29) is 54.9 Å². The van der Waals surface area contributed by atoms with Crippen molar-refractivity contribution >= 4 is 54.6 Å². The molecule has 0 amide bonds. The van der Waals surface area contributed by atoms with Gasteiger partial charge in [-0.05, 0) is 99.2 Å². The van der Waals surface area contributed by atoms with Crippen molar-refractivity contribution < 1.29 is 36.5 Å². The molecule has 0 aliphatic heterocycles. The van der Waals surface area contributed by atoms with E-state index in [1.54, 1.807) is 26.0 Å². The number of phenols is 2. The Morgan fingerprint density at radius 1 is 0.654 bits per heavy atom. The van der Waals surface area contributed by atoms with E-state index in [2.05, 4.69) is 20.1 Å². The highest BCUT2D eigenvalue weighted by atomic mass is 35.5. The minimum atomic E-state index is -3.84. The van der Waals surface area contributed by atoms with Gasteiger partial charge in [0.05, 0.1) is 10.0 Å². The van der Waals surface area contributed by atoms with Crippen molar-refractivity contribution in [3.8, 4) is 46.9 Å². The normalized spacial score (nSPS) is 13.9. The number of benzene rings is 4. The largest absolute Gasteiger partial charge is 0.507 e. The number of hydrogen-bond donors (Lipinski definition) is 6. The molecule has 6 N–H and O–H groups in total. The maximum Gasteiger partial charge on any atom is 0.244 e. The number of nitriles is 2. The monoisotopic (exact) mass is 786 g/mol. The van der Waals surface area contributed by atoms with Crippen molar-refractivity contribution in [3.05, 3.63) is 81.8 Å². The lowest BCUT2D eigenvalue weighted by Gasteiger charge is -2.14. The van der Waals surface area contributed by atoms with Gasteiger partial charge in [-0.3, -0.25) is 10.6 Å². The molecule has 0 saturated heterocycles. The van der Waals surface area contributed by atoms with E-state index in [9.17, 15) is 27.0 Å². The van der Waals surface area contributed by atoms with Crippen LogP contribution < -0.4 is 29.6 Å². The topological polar surface area (TPSA) is 223 Å². The first kappa shape index (κ1) is 38.3. The Kier molecular flexibility index (Phi) is 11.6. The standard InChI is InChI=1S/2C17H16ClN3O4S/c2*1-10-6-12(20-9-19)7-14(18)17(10)25-13-4-5-15(22)16(8-13)26(23,24)21-11-2-3-11/h2*4-8,11,20-22H,2-3H2,1H3. The molecule has 0 spiro atoms. The maximum atomic E-state index is 12.4.